The topological polar surface area (TPSA) is 84.2 Å². The van der Waals surface area contributed by atoms with Crippen LogP contribution in [0, 0.1) is 0 Å². The van der Waals surface area contributed by atoms with Crippen molar-refractivity contribution in [2.24, 2.45) is 5.73 Å². The molecule has 7 heteroatoms. The van der Waals surface area contributed by atoms with Crippen molar-refractivity contribution in [2.75, 3.05) is 24.2 Å². The van der Waals surface area contributed by atoms with E-state index in [0.29, 0.717) is 24.3 Å². The van der Waals surface area contributed by atoms with Crippen molar-refractivity contribution in [3.8, 4) is 0 Å². The van der Waals surface area contributed by atoms with Gasteiger partial charge in [-0.05, 0) is 31.2 Å². The Morgan fingerprint density at radius 1 is 1.30 bits per heavy atom. The number of hydrogen-bond donors (Lipinski definition) is 3. The number of amides is 2. The van der Waals surface area contributed by atoms with Gasteiger partial charge in [-0.2, -0.15) is 0 Å². The minimum absolute atomic E-state index is 0. The molecule has 1 rings (SSSR count). The average molecular weight is 360 g/mol. The number of anilines is 1. The molecule has 2 amide bonds. The number of unbranched alkanes of at least 4 members (excludes halogenated alkanes) is 1. The second-order valence-corrected chi connectivity index (χ2v) is 6.39. The van der Waals surface area contributed by atoms with Gasteiger partial charge < -0.3 is 16.4 Å². The van der Waals surface area contributed by atoms with Crippen LogP contribution in [0.1, 0.15) is 37.0 Å². The van der Waals surface area contributed by atoms with Gasteiger partial charge in [0.25, 0.3) is 5.91 Å². The molecule has 1 unspecified atom stereocenters. The Morgan fingerprint density at radius 2 is 2.00 bits per heavy atom. The van der Waals surface area contributed by atoms with Crippen LogP contribution in [0.4, 0.5) is 5.69 Å². The van der Waals surface area contributed by atoms with E-state index in [2.05, 4.69) is 17.6 Å². The summed E-state index contributed by atoms with van der Waals surface area (Å²) in [5, 5.41) is 5.41. The highest BCUT2D eigenvalue weighted by molar-refractivity contribution is 8.00. The van der Waals surface area contributed by atoms with Gasteiger partial charge in [0.2, 0.25) is 5.91 Å². The third-order valence-corrected chi connectivity index (χ3v) is 4.33. The van der Waals surface area contributed by atoms with Crippen molar-refractivity contribution >= 4 is 41.7 Å². The second-order valence-electron chi connectivity index (χ2n) is 4.95. The van der Waals surface area contributed by atoms with Gasteiger partial charge in [-0.3, -0.25) is 9.59 Å². The first kappa shape index (κ1) is 21.8. The van der Waals surface area contributed by atoms with Crippen LogP contribution < -0.4 is 16.4 Å². The van der Waals surface area contributed by atoms with Gasteiger partial charge in [0.05, 0.1) is 16.5 Å². The van der Waals surface area contributed by atoms with Crippen molar-refractivity contribution < 1.29 is 9.59 Å². The number of nitrogens with two attached hydrogens (primary N) is 1. The molecule has 0 spiro atoms. The largest absolute Gasteiger partial charge is 0.351 e. The molecule has 1 aromatic rings. The average Bonchev–Trinajstić information content (AvgIpc) is 2.53. The van der Waals surface area contributed by atoms with Crippen molar-refractivity contribution in [3.05, 3.63) is 29.8 Å². The van der Waals surface area contributed by atoms with Crippen LogP contribution >= 0.6 is 24.2 Å². The number of benzene rings is 1. The molecule has 1 atom stereocenters. The minimum atomic E-state index is -0.229. The first-order chi connectivity index (χ1) is 10.6. The number of hydrogen-bond acceptors (Lipinski definition) is 4. The van der Waals surface area contributed by atoms with Crippen LogP contribution in [0.15, 0.2) is 24.3 Å². The van der Waals surface area contributed by atoms with E-state index in [4.69, 9.17) is 5.73 Å². The van der Waals surface area contributed by atoms with Gasteiger partial charge in [-0.1, -0.05) is 25.5 Å². The SMILES string of the molecule is CCCCSC(C)C(=O)Nc1ccccc1C(=O)NCCN.Cl. The first-order valence-corrected chi connectivity index (χ1v) is 8.64. The summed E-state index contributed by atoms with van der Waals surface area (Å²) in [6.07, 6.45) is 2.21. The number of carbonyl (C=O) groups excluding carboxylic acids is 2. The molecule has 0 aromatic heterocycles. The summed E-state index contributed by atoms with van der Waals surface area (Å²) < 4.78 is 0. The Bertz CT molecular complexity index is 500. The maximum Gasteiger partial charge on any atom is 0.253 e. The summed E-state index contributed by atoms with van der Waals surface area (Å²) in [6, 6.07) is 6.99. The molecule has 0 heterocycles. The highest BCUT2D eigenvalue weighted by Crippen LogP contribution is 2.18. The first-order valence-electron chi connectivity index (χ1n) is 7.59. The van der Waals surface area contributed by atoms with Crippen molar-refractivity contribution in [2.45, 2.75) is 31.9 Å². The van der Waals surface area contributed by atoms with Gasteiger partial charge in [0, 0.05) is 13.1 Å². The number of para-hydroxylation sites is 1. The fraction of sp³-hybridized carbons (Fsp3) is 0.500. The van der Waals surface area contributed by atoms with Crippen molar-refractivity contribution in [3.63, 3.8) is 0 Å². The lowest BCUT2D eigenvalue weighted by atomic mass is 10.1. The van der Waals surface area contributed by atoms with E-state index in [0.717, 1.165) is 18.6 Å². The molecule has 0 aliphatic heterocycles. The molecule has 0 bridgehead atoms. The molecule has 130 valence electrons. The Labute approximate surface area is 148 Å². The van der Waals surface area contributed by atoms with E-state index in [1.165, 1.54) is 0 Å². The van der Waals surface area contributed by atoms with Crippen LogP contribution in [0.25, 0.3) is 0 Å². The van der Waals surface area contributed by atoms with Gasteiger partial charge >= 0.3 is 0 Å². The third-order valence-electron chi connectivity index (χ3n) is 3.09. The molecule has 0 radical (unpaired) electrons. The highest BCUT2D eigenvalue weighted by Gasteiger charge is 2.17. The zero-order valence-corrected chi connectivity index (χ0v) is 15.3. The quantitative estimate of drug-likeness (QED) is 0.592. The Balaban J connectivity index is 0.00000484. The lowest BCUT2D eigenvalue weighted by molar-refractivity contribution is -0.115. The van der Waals surface area contributed by atoms with E-state index in [9.17, 15) is 9.59 Å². The lowest BCUT2D eigenvalue weighted by Crippen LogP contribution is -2.30. The predicted molar refractivity (Wildman–Crippen MR) is 101 cm³/mol. The maximum atomic E-state index is 12.2. The number of carbonyl (C=O) groups is 2. The Kier molecular flexibility index (Phi) is 11.6. The number of nitrogens with one attached hydrogen (secondary N) is 2. The smallest absolute Gasteiger partial charge is 0.253 e. The fourth-order valence-corrected chi connectivity index (χ4v) is 2.80. The van der Waals surface area contributed by atoms with Crippen LogP contribution in [-0.2, 0) is 4.79 Å². The predicted octanol–water partition coefficient (Wildman–Crippen LogP) is 2.66. The van der Waals surface area contributed by atoms with Gasteiger partial charge in [-0.25, -0.2) is 0 Å². The molecular weight excluding hydrogens is 334 g/mol. The van der Waals surface area contributed by atoms with Crippen molar-refractivity contribution in [1.29, 1.82) is 0 Å². The van der Waals surface area contributed by atoms with Gasteiger partial charge in [0.1, 0.15) is 0 Å². The van der Waals surface area contributed by atoms with Crippen LogP contribution in [0.2, 0.25) is 0 Å². The molecule has 0 saturated carbocycles. The second kappa shape index (κ2) is 12.2. The Hall–Kier alpha value is -1.24. The summed E-state index contributed by atoms with van der Waals surface area (Å²) in [6.45, 7) is 4.80. The molecular formula is C16H26ClN3O2S. The maximum absolute atomic E-state index is 12.2. The standard InChI is InChI=1S/C16H25N3O2S.ClH/c1-3-4-11-22-12(2)15(20)19-14-8-6-5-7-13(14)16(21)18-10-9-17;/h5-8,12H,3-4,9-11,17H2,1-2H3,(H,18,21)(H,19,20);1H. The zero-order chi connectivity index (χ0) is 16.4. The zero-order valence-electron chi connectivity index (χ0n) is 13.6. The molecule has 0 saturated heterocycles. The third kappa shape index (κ3) is 7.72. The Morgan fingerprint density at radius 3 is 2.65 bits per heavy atom. The number of halogens is 1. The summed E-state index contributed by atoms with van der Waals surface area (Å²) in [4.78, 5) is 24.3. The molecule has 0 aliphatic carbocycles. The lowest BCUT2D eigenvalue weighted by Gasteiger charge is -2.14. The number of thioether (sulfide) groups is 1. The van der Waals surface area contributed by atoms with E-state index in [1.54, 1.807) is 36.0 Å². The molecule has 0 aliphatic rings. The molecule has 4 N–H and O–H groups in total. The summed E-state index contributed by atoms with van der Waals surface area (Å²) in [5.41, 5.74) is 6.37. The highest BCUT2D eigenvalue weighted by atomic mass is 35.5. The summed E-state index contributed by atoms with van der Waals surface area (Å²) >= 11 is 1.63. The van der Waals surface area contributed by atoms with Crippen molar-refractivity contribution in [1.82, 2.24) is 5.32 Å². The van der Waals surface area contributed by atoms with Crippen LogP contribution in [0.5, 0.6) is 0 Å². The monoisotopic (exact) mass is 359 g/mol. The van der Waals surface area contributed by atoms with E-state index in [-0.39, 0.29) is 29.5 Å². The summed E-state index contributed by atoms with van der Waals surface area (Å²) in [7, 11) is 0. The van der Waals surface area contributed by atoms with Gasteiger partial charge in [0.15, 0.2) is 0 Å². The van der Waals surface area contributed by atoms with Crippen LogP contribution in [0.3, 0.4) is 0 Å². The molecule has 0 fully saturated rings. The summed E-state index contributed by atoms with van der Waals surface area (Å²) in [5.74, 6) is 0.650. The molecule has 5 nitrogen and oxygen atoms in total. The normalized spacial score (nSPS) is 11.3. The van der Waals surface area contributed by atoms with E-state index < -0.39 is 0 Å². The fourth-order valence-electron chi connectivity index (χ4n) is 1.79. The minimum Gasteiger partial charge on any atom is -0.351 e. The molecule has 23 heavy (non-hydrogen) atoms. The number of rotatable bonds is 9. The van der Waals surface area contributed by atoms with Crippen LogP contribution in [-0.4, -0.2) is 35.9 Å². The van der Waals surface area contributed by atoms with E-state index >= 15 is 0 Å². The molecule has 1 aromatic carbocycles. The van der Waals surface area contributed by atoms with E-state index in [1.807, 2.05) is 6.92 Å². The van der Waals surface area contributed by atoms with Gasteiger partial charge in [-0.15, -0.1) is 24.2 Å².